The molecule has 3 amide bonds. The number of anilines is 1. The van der Waals surface area contributed by atoms with Crippen LogP contribution in [0.5, 0.6) is 0 Å². The molecule has 1 aromatic carbocycles. The van der Waals surface area contributed by atoms with Crippen LogP contribution in [0.2, 0.25) is 0 Å². The quantitative estimate of drug-likeness (QED) is 0.438. The molecule has 9 nitrogen and oxygen atoms in total. The lowest BCUT2D eigenvalue weighted by Gasteiger charge is -2.19. The molecule has 1 aliphatic carbocycles. The zero-order chi connectivity index (χ0) is 23.8. The fraction of sp³-hybridized carbons (Fsp3) is 0.333. The Morgan fingerprint density at radius 3 is 2.39 bits per heavy atom. The van der Waals surface area contributed by atoms with Gasteiger partial charge in [0.1, 0.15) is 17.4 Å². The highest BCUT2D eigenvalue weighted by molar-refractivity contribution is 6.07. The highest BCUT2D eigenvalue weighted by Crippen LogP contribution is 2.23. The van der Waals surface area contributed by atoms with Crippen LogP contribution in [0.3, 0.4) is 0 Å². The van der Waals surface area contributed by atoms with Crippen molar-refractivity contribution in [1.82, 2.24) is 15.3 Å². The van der Waals surface area contributed by atoms with Gasteiger partial charge in [-0.1, -0.05) is 32.9 Å². The minimum absolute atomic E-state index is 0.0310. The van der Waals surface area contributed by atoms with Gasteiger partial charge in [0.25, 0.3) is 17.7 Å². The topological polar surface area (TPSA) is 143 Å². The molecular formula is C24H27N5O4. The molecule has 0 atom stereocenters. The number of amides is 3. The van der Waals surface area contributed by atoms with Crippen molar-refractivity contribution in [1.29, 1.82) is 0 Å². The molecule has 33 heavy (non-hydrogen) atoms. The number of furan rings is 1. The van der Waals surface area contributed by atoms with Gasteiger partial charge in [-0.3, -0.25) is 14.4 Å². The average molecular weight is 450 g/mol. The zero-order valence-electron chi connectivity index (χ0n) is 18.8. The average Bonchev–Trinajstić information content (AvgIpc) is 3.28. The number of imidazole rings is 1. The maximum absolute atomic E-state index is 12.7. The van der Waals surface area contributed by atoms with Gasteiger partial charge in [0.2, 0.25) is 0 Å². The maximum Gasteiger partial charge on any atom is 0.287 e. The van der Waals surface area contributed by atoms with Gasteiger partial charge in [0.05, 0.1) is 6.42 Å². The van der Waals surface area contributed by atoms with Crippen LogP contribution in [-0.2, 0) is 11.8 Å². The van der Waals surface area contributed by atoms with Gasteiger partial charge in [0, 0.05) is 11.6 Å². The summed E-state index contributed by atoms with van der Waals surface area (Å²) in [5.41, 5.74) is 6.88. The lowest BCUT2D eigenvalue weighted by atomic mass is 9.87. The van der Waals surface area contributed by atoms with Crippen LogP contribution in [0, 0.1) is 0 Å². The summed E-state index contributed by atoms with van der Waals surface area (Å²) in [4.78, 5) is 43.8. The molecule has 0 spiro atoms. The van der Waals surface area contributed by atoms with Gasteiger partial charge in [-0.25, -0.2) is 4.98 Å². The Hall–Kier alpha value is -3.88. The molecule has 9 heteroatoms. The molecule has 3 aromatic rings. The number of rotatable bonds is 7. The van der Waals surface area contributed by atoms with Crippen molar-refractivity contribution in [3.05, 3.63) is 70.6 Å². The molecule has 1 aliphatic rings. The number of nitrogens with two attached hydrogens (primary N) is 1. The number of primary amides is 1. The molecule has 2 aromatic heterocycles. The van der Waals surface area contributed by atoms with Gasteiger partial charge < -0.3 is 25.8 Å². The minimum atomic E-state index is -0.778. The summed E-state index contributed by atoms with van der Waals surface area (Å²) in [6.45, 7) is 6.28. The third-order valence-corrected chi connectivity index (χ3v) is 5.38. The van der Waals surface area contributed by atoms with E-state index in [2.05, 4.69) is 41.4 Å². The highest BCUT2D eigenvalue weighted by atomic mass is 16.3. The van der Waals surface area contributed by atoms with Crippen LogP contribution in [0.4, 0.5) is 5.82 Å². The Morgan fingerprint density at radius 1 is 1.09 bits per heavy atom. The first-order chi connectivity index (χ1) is 15.6. The second-order valence-electron chi connectivity index (χ2n) is 9.24. The highest BCUT2D eigenvalue weighted by Gasteiger charge is 2.25. The third kappa shape index (κ3) is 5.31. The zero-order valence-corrected chi connectivity index (χ0v) is 18.8. The van der Waals surface area contributed by atoms with Crippen molar-refractivity contribution in [3.63, 3.8) is 0 Å². The van der Waals surface area contributed by atoms with Crippen LogP contribution in [0.25, 0.3) is 0 Å². The predicted octanol–water partition coefficient (Wildman–Crippen LogP) is 3.13. The maximum atomic E-state index is 12.7. The lowest BCUT2D eigenvalue weighted by Crippen LogP contribution is -2.24. The van der Waals surface area contributed by atoms with Crippen molar-refractivity contribution in [2.45, 2.75) is 51.5 Å². The Kier molecular flexibility index (Phi) is 5.80. The van der Waals surface area contributed by atoms with E-state index in [1.807, 2.05) is 12.1 Å². The van der Waals surface area contributed by atoms with Crippen LogP contribution in [-0.4, -0.2) is 33.7 Å². The largest absolute Gasteiger partial charge is 0.455 e. The molecule has 0 bridgehead atoms. The molecule has 172 valence electrons. The Labute approximate surface area is 191 Å². The second kappa shape index (κ2) is 8.57. The van der Waals surface area contributed by atoms with E-state index in [9.17, 15) is 14.4 Å². The van der Waals surface area contributed by atoms with Crippen molar-refractivity contribution in [2.24, 2.45) is 5.73 Å². The minimum Gasteiger partial charge on any atom is -0.455 e. The molecule has 1 fully saturated rings. The van der Waals surface area contributed by atoms with Crippen LogP contribution in [0.15, 0.2) is 40.8 Å². The smallest absolute Gasteiger partial charge is 0.287 e. The Balaban J connectivity index is 1.47. The van der Waals surface area contributed by atoms with E-state index in [0.29, 0.717) is 17.1 Å². The number of aromatic nitrogens is 2. The standard InChI is InChI=1S/C24H27N5O4/c1-24(2,3)14-6-4-13(5-7-14)22(31)29-21-19(20(25)30)27-18(28-21)12-16-10-11-17(33-16)23(32)26-15-8-9-15/h4-7,10-11,15H,8-9,12H2,1-3H3,(H2,25,30)(H,26,32)(H,27,28)(H,29,31). The lowest BCUT2D eigenvalue weighted by molar-refractivity contribution is 0.0920. The van der Waals surface area contributed by atoms with Crippen LogP contribution in [0.1, 0.15) is 82.2 Å². The van der Waals surface area contributed by atoms with E-state index in [-0.39, 0.29) is 41.1 Å². The van der Waals surface area contributed by atoms with E-state index >= 15 is 0 Å². The van der Waals surface area contributed by atoms with Gasteiger partial charge in [-0.05, 0) is 48.1 Å². The molecule has 1 saturated carbocycles. The summed E-state index contributed by atoms with van der Waals surface area (Å²) >= 11 is 0. The molecule has 0 unspecified atom stereocenters. The molecule has 0 aliphatic heterocycles. The number of nitrogens with one attached hydrogen (secondary N) is 3. The Morgan fingerprint density at radius 2 is 1.79 bits per heavy atom. The molecular weight excluding hydrogens is 422 g/mol. The van der Waals surface area contributed by atoms with Crippen LogP contribution >= 0.6 is 0 Å². The number of hydrogen-bond acceptors (Lipinski definition) is 5. The van der Waals surface area contributed by atoms with Gasteiger partial charge in [-0.15, -0.1) is 0 Å². The fourth-order valence-corrected chi connectivity index (χ4v) is 3.33. The van der Waals surface area contributed by atoms with Gasteiger partial charge >= 0.3 is 0 Å². The predicted molar refractivity (Wildman–Crippen MR) is 122 cm³/mol. The van der Waals surface area contributed by atoms with Crippen molar-refractivity contribution < 1.29 is 18.8 Å². The van der Waals surface area contributed by atoms with Crippen LogP contribution < -0.4 is 16.4 Å². The normalized spacial score (nSPS) is 13.5. The fourth-order valence-electron chi connectivity index (χ4n) is 3.33. The summed E-state index contributed by atoms with van der Waals surface area (Å²) < 4.78 is 5.60. The summed E-state index contributed by atoms with van der Waals surface area (Å²) in [5, 5.41) is 5.53. The number of carbonyl (C=O) groups excluding carboxylic acids is 3. The SMILES string of the molecule is CC(C)(C)c1ccc(C(=O)Nc2[nH]c(Cc3ccc(C(=O)NC4CC4)o3)nc2C(N)=O)cc1. The number of benzene rings is 1. The summed E-state index contributed by atoms with van der Waals surface area (Å²) in [5.74, 6) is -0.259. The van der Waals surface area contributed by atoms with E-state index in [1.54, 1.807) is 24.3 Å². The van der Waals surface area contributed by atoms with Gasteiger partial charge in [0.15, 0.2) is 11.5 Å². The number of aromatic amines is 1. The monoisotopic (exact) mass is 449 g/mol. The number of carbonyl (C=O) groups is 3. The number of H-pyrrole nitrogens is 1. The summed E-state index contributed by atoms with van der Waals surface area (Å²) in [7, 11) is 0. The first-order valence-corrected chi connectivity index (χ1v) is 10.8. The van der Waals surface area contributed by atoms with Crippen molar-refractivity contribution in [2.75, 3.05) is 5.32 Å². The van der Waals surface area contributed by atoms with Gasteiger partial charge in [-0.2, -0.15) is 0 Å². The molecule has 0 saturated heterocycles. The first-order valence-electron chi connectivity index (χ1n) is 10.8. The number of nitrogens with zero attached hydrogens (tertiary/aromatic N) is 1. The third-order valence-electron chi connectivity index (χ3n) is 5.38. The van der Waals surface area contributed by atoms with E-state index < -0.39 is 11.8 Å². The summed E-state index contributed by atoms with van der Waals surface area (Å²) in [6.07, 6.45) is 2.15. The molecule has 4 rings (SSSR count). The van der Waals surface area contributed by atoms with Crippen molar-refractivity contribution >= 4 is 23.5 Å². The Bertz CT molecular complexity index is 1200. The molecule has 5 N–H and O–H groups in total. The molecule has 0 radical (unpaired) electrons. The van der Waals surface area contributed by atoms with E-state index in [0.717, 1.165) is 18.4 Å². The first kappa shape index (κ1) is 22.3. The van der Waals surface area contributed by atoms with E-state index in [4.69, 9.17) is 10.2 Å². The summed E-state index contributed by atoms with van der Waals surface area (Å²) in [6, 6.07) is 10.7. The van der Waals surface area contributed by atoms with E-state index in [1.165, 1.54) is 0 Å². The molecule has 2 heterocycles. The number of hydrogen-bond donors (Lipinski definition) is 4. The van der Waals surface area contributed by atoms with Crippen molar-refractivity contribution in [3.8, 4) is 0 Å². The second-order valence-corrected chi connectivity index (χ2v) is 9.24.